The molecule has 1 heterocycles. The standard InChI is InChI=1S/C7H13F2N3.HI/c8-6(9)5-11-7(10)12-3-1-2-4-12;/h6H,1-5H2,(H2,10,11);1H. The van der Waals surface area contributed by atoms with E-state index in [-0.39, 0.29) is 29.9 Å². The quantitative estimate of drug-likeness (QED) is 0.474. The van der Waals surface area contributed by atoms with Gasteiger partial charge in [-0.1, -0.05) is 0 Å². The molecule has 1 saturated heterocycles. The Labute approximate surface area is 93.4 Å². The average Bonchev–Trinajstić information content (AvgIpc) is 2.51. The van der Waals surface area contributed by atoms with Crippen LogP contribution in [-0.2, 0) is 0 Å². The van der Waals surface area contributed by atoms with Crippen molar-refractivity contribution in [2.75, 3.05) is 19.6 Å². The second-order valence-electron chi connectivity index (χ2n) is 2.78. The van der Waals surface area contributed by atoms with Crippen LogP contribution in [0.1, 0.15) is 12.8 Å². The lowest BCUT2D eigenvalue weighted by Gasteiger charge is -2.15. The molecule has 0 aromatic rings. The van der Waals surface area contributed by atoms with Crippen molar-refractivity contribution in [3.05, 3.63) is 0 Å². The van der Waals surface area contributed by atoms with Crippen molar-refractivity contribution in [1.29, 1.82) is 0 Å². The van der Waals surface area contributed by atoms with E-state index in [1.807, 2.05) is 4.90 Å². The lowest BCUT2D eigenvalue weighted by atomic mass is 10.4. The number of likely N-dealkylation sites (tertiary alicyclic amines) is 1. The van der Waals surface area contributed by atoms with Gasteiger partial charge in [0.25, 0.3) is 6.43 Å². The molecule has 0 spiro atoms. The third-order valence-corrected chi connectivity index (χ3v) is 1.82. The van der Waals surface area contributed by atoms with Crippen molar-refractivity contribution < 1.29 is 8.78 Å². The predicted molar refractivity (Wildman–Crippen MR) is 58.7 cm³/mol. The second-order valence-corrected chi connectivity index (χ2v) is 2.78. The Morgan fingerprint density at radius 1 is 1.38 bits per heavy atom. The van der Waals surface area contributed by atoms with Crippen molar-refractivity contribution in [2.24, 2.45) is 10.7 Å². The molecule has 2 N–H and O–H groups in total. The summed E-state index contributed by atoms with van der Waals surface area (Å²) in [6.45, 7) is 1.21. The van der Waals surface area contributed by atoms with Crippen LogP contribution in [0.4, 0.5) is 8.78 Å². The first-order valence-corrected chi connectivity index (χ1v) is 4.03. The fourth-order valence-corrected chi connectivity index (χ4v) is 1.21. The van der Waals surface area contributed by atoms with Crippen LogP contribution >= 0.6 is 24.0 Å². The molecule has 3 nitrogen and oxygen atoms in total. The Hall–Kier alpha value is -0.140. The molecule has 78 valence electrons. The molecule has 0 unspecified atom stereocenters. The van der Waals surface area contributed by atoms with Crippen molar-refractivity contribution in [3.8, 4) is 0 Å². The number of rotatable bonds is 2. The van der Waals surface area contributed by atoms with E-state index in [1.54, 1.807) is 0 Å². The topological polar surface area (TPSA) is 41.6 Å². The van der Waals surface area contributed by atoms with Crippen LogP contribution in [0, 0.1) is 0 Å². The Bertz CT molecular complexity index is 169. The maximum absolute atomic E-state index is 11.7. The van der Waals surface area contributed by atoms with Gasteiger partial charge in [0, 0.05) is 13.1 Å². The highest BCUT2D eigenvalue weighted by Crippen LogP contribution is 2.06. The average molecular weight is 305 g/mol. The summed E-state index contributed by atoms with van der Waals surface area (Å²) in [7, 11) is 0. The van der Waals surface area contributed by atoms with Crippen LogP contribution in [0.25, 0.3) is 0 Å². The van der Waals surface area contributed by atoms with Gasteiger partial charge >= 0.3 is 0 Å². The summed E-state index contributed by atoms with van der Waals surface area (Å²) in [5, 5.41) is 0. The third kappa shape index (κ3) is 4.58. The zero-order valence-electron chi connectivity index (χ0n) is 7.25. The van der Waals surface area contributed by atoms with E-state index in [9.17, 15) is 8.78 Å². The maximum Gasteiger partial charge on any atom is 0.257 e. The van der Waals surface area contributed by atoms with Crippen LogP contribution in [-0.4, -0.2) is 36.9 Å². The maximum atomic E-state index is 11.7. The monoisotopic (exact) mass is 305 g/mol. The van der Waals surface area contributed by atoms with E-state index in [4.69, 9.17) is 5.73 Å². The van der Waals surface area contributed by atoms with E-state index in [2.05, 4.69) is 4.99 Å². The molecule has 0 aromatic heterocycles. The highest BCUT2D eigenvalue weighted by atomic mass is 127. The van der Waals surface area contributed by atoms with Gasteiger partial charge < -0.3 is 10.6 Å². The number of aliphatic imine (C=N–C) groups is 1. The van der Waals surface area contributed by atoms with Crippen molar-refractivity contribution in [3.63, 3.8) is 0 Å². The zero-order valence-corrected chi connectivity index (χ0v) is 9.58. The van der Waals surface area contributed by atoms with E-state index >= 15 is 0 Å². The molecule has 0 radical (unpaired) electrons. The molecule has 6 heteroatoms. The van der Waals surface area contributed by atoms with Crippen molar-refractivity contribution in [1.82, 2.24) is 4.90 Å². The second kappa shape index (κ2) is 6.33. The number of hydrogen-bond acceptors (Lipinski definition) is 1. The van der Waals surface area contributed by atoms with Gasteiger partial charge in [-0.2, -0.15) is 0 Å². The molecule has 0 aromatic carbocycles. The van der Waals surface area contributed by atoms with Gasteiger partial charge in [0.2, 0.25) is 0 Å². The Kier molecular flexibility index (Phi) is 6.27. The molecule has 1 rings (SSSR count). The smallest absolute Gasteiger partial charge is 0.257 e. The van der Waals surface area contributed by atoms with Gasteiger partial charge in [-0.25, -0.2) is 13.8 Å². The Morgan fingerprint density at radius 2 is 1.92 bits per heavy atom. The minimum absolute atomic E-state index is 0. The van der Waals surface area contributed by atoms with E-state index in [1.165, 1.54) is 0 Å². The number of hydrogen-bond donors (Lipinski definition) is 1. The minimum atomic E-state index is -2.40. The number of guanidine groups is 1. The molecule has 0 atom stereocenters. The summed E-state index contributed by atoms with van der Waals surface area (Å²) in [6, 6.07) is 0. The third-order valence-electron chi connectivity index (χ3n) is 1.82. The fourth-order valence-electron chi connectivity index (χ4n) is 1.21. The molecule has 0 bridgehead atoms. The molecular formula is C7H14F2IN3. The summed E-state index contributed by atoms with van der Waals surface area (Å²) in [4.78, 5) is 5.41. The largest absolute Gasteiger partial charge is 0.370 e. The Morgan fingerprint density at radius 3 is 2.38 bits per heavy atom. The first-order valence-electron chi connectivity index (χ1n) is 4.03. The van der Waals surface area contributed by atoms with Gasteiger partial charge in [-0.15, -0.1) is 24.0 Å². The van der Waals surface area contributed by atoms with Crippen LogP contribution < -0.4 is 5.73 Å². The minimum Gasteiger partial charge on any atom is -0.370 e. The number of alkyl halides is 2. The molecule has 0 amide bonds. The summed E-state index contributed by atoms with van der Waals surface area (Å²) in [5.41, 5.74) is 5.47. The number of halogens is 3. The van der Waals surface area contributed by atoms with Crippen LogP contribution in [0.3, 0.4) is 0 Å². The first-order chi connectivity index (χ1) is 5.70. The van der Waals surface area contributed by atoms with E-state index < -0.39 is 13.0 Å². The van der Waals surface area contributed by atoms with Gasteiger partial charge in [0.15, 0.2) is 5.96 Å². The van der Waals surface area contributed by atoms with Gasteiger partial charge in [0.05, 0.1) is 0 Å². The number of nitrogens with two attached hydrogens (primary N) is 1. The first kappa shape index (κ1) is 12.9. The normalized spacial score (nSPS) is 17.8. The van der Waals surface area contributed by atoms with Gasteiger partial charge in [-0.05, 0) is 12.8 Å². The lowest BCUT2D eigenvalue weighted by Crippen LogP contribution is -2.35. The molecule has 0 aliphatic carbocycles. The molecule has 1 aliphatic rings. The lowest BCUT2D eigenvalue weighted by molar-refractivity contribution is 0.158. The van der Waals surface area contributed by atoms with Crippen LogP contribution in [0.2, 0.25) is 0 Å². The summed E-state index contributed by atoms with van der Waals surface area (Å²) in [5.74, 6) is 0.257. The fraction of sp³-hybridized carbons (Fsp3) is 0.857. The molecule has 13 heavy (non-hydrogen) atoms. The SMILES string of the molecule is I.NC(=NCC(F)F)N1CCCC1. The summed E-state index contributed by atoms with van der Waals surface area (Å²) >= 11 is 0. The molecule has 0 saturated carbocycles. The van der Waals surface area contributed by atoms with Gasteiger partial charge in [0.1, 0.15) is 6.54 Å². The number of nitrogens with zero attached hydrogens (tertiary/aromatic N) is 2. The highest BCUT2D eigenvalue weighted by molar-refractivity contribution is 14.0. The predicted octanol–water partition coefficient (Wildman–Crippen LogP) is 1.28. The van der Waals surface area contributed by atoms with Crippen molar-refractivity contribution in [2.45, 2.75) is 19.3 Å². The van der Waals surface area contributed by atoms with E-state index in [0.29, 0.717) is 0 Å². The molecule has 1 aliphatic heterocycles. The highest BCUT2D eigenvalue weighted by Gasteiger charge is 2.13. The van der Waals surface area contributed by atoms with Crippen molar-refractivity contribution >= 4 is 29.9 Å². The molecular weight excluding hydrogens is 291 g/mol. The zero-order chi connectivity index (χ0) is 8.97. The van der Waals surface area contributed by atoms with Crippen LogP contribution in [0.15, 0.2) is 4.99 Å². The molecule has 1 fully saturated rings. The summed E-state index contributed by atoms with van der Waals surface area (Å²) in [6.07, 6.45) is -0.248. The van der Waals surface area contributed by atoms with Crippen LogP contribution in [0.5, 0.6) is 0 Å². The van der Waals surface area contributed by atoms with E-state index in [0.717, 1.165) is 25.9 Å². The Balaban J connectivity index is 0.00000144. The van der Waals surface area contributed by atoms with Gasteiger partial charge in [-0.3, -0.25) is 0 Å². The summed E-state index contributed by atoms with van der Waals surface area (Å²) < 4.78 is 23.4.